The zero-order valence-electron chi connectivity index (χ0n) is 13.6. The molecule has 0 aliphatic rings. The maximum atomic E-state index is 12.0. The van der Waals surface area contributed by atoms with Crippen molar-refractivity contribution in [3.8, 4) is 0 Å². The Labute approximate surface area is 146 Å². The van der Waals surface area contributed by atoms with Gasteiger partial charge in [-0.3, -0.25) is 20.4 Å². The summed E-state index contributed by atoms with van der Waals surface area (Å²) in [6.45, 7) is 3.79. The molecule has 0 saturated heterocycles. The SMILES string of the molecule is Cc1ccccc1CC(=O)NC(=S)NNC(=O)c1ccccc1C. The standard InChI is InChI=1S/C18H19N3O2S/c1-12-7-3-5-9-14(12)11-16(22)19-18(24)21-20-17(23)15-10-6-4-8-13(15)2/h3-10H,11H2,1-2H3,(H,20,23)(H2,19,21,22,24). The van der Waals surface area contributed by atoms with Crippen LogP contribution in [0.5, 0.6) is 0 Å². The largest absolute Gasteiger partial charge is 0.302 e. The lowest BCUT2D eigenvalue weighted by atomic mass is 10.1. The van der Waals surface area contributed by atoms with Gasteiger partial charge in [-0.05, 0) is 48.8 Å². The van der Waals surface area contributed by atoms with Gasteiger partial charge in [0.2, 0.25) is 5.91 Å². The van der Waals surface area contributed by atoms with Crippen molar-refractivity contribution in [2.75, 3.05) is 0 Å². The van der Waals surface area contributed by atoms with E-state index in [9.17, 15) is 9.59 Å². The van der Waals surface area contributed by atoms with Crippen molar-refractivity contribution in [1.29, 1.82) is 0 Å². The number of nitrogens with one attached hydrogen (secondary N) is 3. The molecule has 2 aromatic carbocycles. The molecule has 0 heterocycles. The summed E-state index contributed by atoms with van der Waals surface area (Å²) >= 11 is 5.02. The molecule has 2 amide bonds. The topological polar surface area (TPSA) is 70.2 Å². The van der Waals surface area contributed by atoms with E-state index in [0.29, 0.717) is 5.56 Å². The Morgan fingerprint density at radius 3 is 2.21 bits per heavy atom. The van der Waals surface area contributed by atoms with Crippen molar-refractivity contribution >= 4 is 29.1 Å². The molecule has 0 aromatic heterocycles. The van der Waals surface area contributed by atoms with Gasteiger partial charge in [0.25, 0.3) is 5.91 Å². The molecule has 0 aliphatic carbocycles. The van der Waals surface area contributed by atoms with Crippen LogP contribution in [0.2, 0.25) is 0 Å². The fraction of sp³-hybridized carbons (Fsp3) is 0.167. The number of hydrazine groups is 1. The monoisotopic (exact) mass is 341 g/mol. The predicted molar refractivity (Wildman–Crippen MR) is 97.4 cm³/mol. The van der Waals surface area contributed by atoms with Crippen molar-refractivity contribution in [3.63, 3.8) is 0 Å². The summed E-state index contributed by atoms with van der Waals surface area (Å²) in [5.41, 5.74) is 8.38. The predicted octanol–water partition coefficient (Wildman–Crippen LogP) is 2.18. The lowest BCUT2D eigenvalue weighted by Gasteiger charge is -2.12. The van der Waals surface area contributed by atoms with Crippen molar-refractivity contribution < 1.29 is 9.59 Å². The van der Waals surface area contributed by atoms with Gasteiger partial charge in [0.05, 0.1) is 6.42 Å². The Bertz CT molecular complexity index is 774. The van der Waals surface area contributed by atoms with E-state index in [2.05, 4.69) is 16.2 Å². The molecule has 0 aliphatic heterocycles. The molecule has 0 saturated carbocycles. The summed E-state index contributed by atoms with van der Waals surface area (Å²) in [5, 5.41) is 2.60. The van der Waals surface area contributed by atoms with Gasteiger partial charge in [-0.15, -0.1) is 0 Å². The molecule has 0 unspecified atom stereocenters. The number of carbonyl (C=O) groups excluding carboxylic acids is 2. The summed E-state index contributed by atoms with van der Waals surface area (Å²) in [4.78, 5) is 24.0. The molecule has 24 heavy (non-hydrogen) atoms. The van der Waals surface area contributed by atoms with Crippen LogP contribution in [0.25, 0.3) is 0 Å². The first-order valence-electron chi connectivity index (χ1n) is 7.47. The normalized spacial score (nSPS) is 9.92. The lowest BCUT2D eigenvalue weighted by molar-refractivity contribution is -0.119. The number of hydrogen-bond acceptors (Lipinski definition) is 3. The summed E-state index contributed by atoms with van der Waals surface area (Å²) in [6, 6.07) is 14.8. The molecule has 3 N–H and O–H groups in total. The highest BCUT2D eigenvalue weighted by atomic mass is 32.1. The average Bonchev–Trinajstić information content (AvgIpc) is 2.55. The van der Waals surface area contributed by atoms with Gasteiger partial charge in [0.1, 0.15) is 0 Å². The second-order valence-electron chi connectivity index (χ2n) is 5.37. The Morgan fingerprint density at radius 2 is 1.54 bits per heavy atom. The average molecular weight is 341 g/mol. The number of aryl methyl sites for hydroxylation is 2. The molecular weight excluding hydrogens is 322 g/mol. The van der Waals surface area contributed by atoms with Crippen molar-refractivity contribution in [3.05, 3.63) is 70.8 Å². The van der Waals surface area contributed by atoms with E-state index in [1.807, 2.05) is 50.2 Å². The third kappa shape index (κ3) is 4.89. The minimum Gasteiger partial charge on any atom is -0.302 e. The van der Waals surface area contributed by atoms with Crippen molar-refractivity contribution in [1.82, 2.24) is 16.2 Å². The number of amides is 2. The second-order valence-corrected chi connectivity index (χ2v) is 5.78. The van der Waals surface area contributed by atoms with E-state index in [0.717, 1.165) is 16.7 Å². The summed E-state index contributed by atoms with van der Waals surface area (Å²) < 4.78 is 0. The van der Waals surface area contributed by atoms with Gasteiger partial charge < -0.3 is 5.32 Å². The summed E-state index contributed by atoms with van der Waals surface area (Å²) in [7, 11) is 0. The lowest BCUT2D eigenvalue weighted by Crippen LogP contribution is -2.48. The zero-order chi connectivity index (χ0) is 17.5. The third-order valence-corrected chi connectivity index (χ3v) is 3.75. The van der Waals surface area contributed by atoms with Crippen LogP contribution in [0.15, 0.2) is 48.5 Å². The van der Waals surface area contributed by atoms with Crippen LogP contribution in [-0.4, -0.2) is 16.9 Å². The van der Waals surface area contributed by atoms with Crippen LogP contribution in [-0.2, 0) is 11.2 Å². The van der Waals surface area contributed by atoms with Gasteiger partial charge in [0.15, 0.2) is 5.11 Å². The molecule has 124 valence electrons. The maximum Gasteiger partial charge on any atom is 0.269 e. The number of hydrogen-bond donors (Lipinski definition) is 3. The van der Waals surface area contributed by atoms with E-state index < -0.39 is 0 Å². The summed E-state index contributed by atoms with van der Waals surface area (Å²) in [5.74, 6) is -0.560. The number of benzene rings is 2. The smallest absolute Gasteiger partial charge is 0.269 e. The molecule has 2 aromatic rings. The second kappa shape index (κ2) is 8.21. The molecular formula is C18H19N3O2S. The summed E-state index contributed by atoms with van der Waals surface area (Å²) in [6.07, 6.45) is 0.222. The molecule has 0 bridgehead atoms. The first-order valence-corrected chi connectivity index (χ1v) is 7.88. The molecule has 0 fully saturated rings. The third-order valence-electron chi connectivity index (χ3n) is 3.54. The first kappa shape index (κ1) is 17.6. The van der Waals surface area contributed by atoms with Crippen molar-refractivity contribution in [2.24, 2.45) is 0 Å². The molecule has 5 nitrogen and oxygen atoms in total. The fourth-order valence-electron chi connectivity index (χ4n) is 2.19. The Morgan fingerprint density at radius 1 is 0.917 bits per heavy atom. The van der Waals surface area contributed by atoms with Gasteiger partial charge in [-0.25, -0.2) is 0 Å². The van der Waals surface area contributed by atoms with E-state index in [1.54, 1.807) is 12.1 Å². The van der Waals surface area contributed by atoms with Crippen LogP contribution in [0.3, 0.4) is 0 Å². The van der Waals surface area contributed by atoms with Crippen LogP contribution in [0.4, 0.5) is 0 Å². The minimum atomic E-state index is -0.316. The molecule has 0 radical (unpaired) electrons. The van der Waals surface area contributed by atoms with Gasteiger partial charge in [-0.1, -0.05) is 42.5 Å². The Hall–Kier alpha value is -2.73. The van der Waals surface area contributed by atoms with E-state index in [4.69, 9.17) is 12.2 Å². The Kier molecular flexibility index (Phi) is 6.03. The quantitative estimate of drug-likeness (QED) is 0.591. The minimum absolute atomic E-state index is 0.0514. The molecule has 0 spiro atoms. The zero-order valence-corrected chi connectivity index (χ0v) is 14.4. The van der Waals surface area contributed by atoms with Crippen LogP contribution < -0.4 is 16.2 Å². The number of rotatable bonds is 3. The first-order chi connectivity index (χ1) is 11.5. The highest BCUT2D eigenvalue weighted by molar-refractivity contribution is 7.80. The molecule has 0 atom stereocenters. The highest BCUT2D eigenvalue weighted by Crippen LogP contribution is 2.07. The van der Waals surface area contributed by atoms with E-state index in [-0.39, 0.29) is 23.3 Å². The van der Waals surface area contributed by atoms with Crippen LogP contribution in [0.1, 0.15) is 27.0 Å². The van der Waals surface area contributed by atoms with Gasteiger partial charge in [0, 0.05) is 5.56 Å². The van der Waals surface area contributed by atoms with Crippen LogP contribution >= 0.6 is 12.2 Å². The van der Waals surface area contributed by atoms with E-state index >= 15 is 0 Å². The Balaban J connectivity index is 1.83. The molecule has 2 rings (SSSR count). The van der Waals surface area contributed by atoms with Gasteiger partial charge >= 0.3 is 0 Å². The van der Waals surface area contributed by atoms with Crippen molar-refractivity contribution in [2.45, 2.75) is 20.3 Å². The van der Waals surface area contributed by atoms with Gasteiger partial charge in [-0.2, -0.15) is 0 Å². The van der Waals surface area contributed by atoms with E-state index in [1.165, 1.54) is 0 Å². The number of carbonyl (C=O) groups is 2. The van der Waals surface area contributed by atoms with Crippen LogP contribution in [0, 0.1) is 13.8 Å². The highest BCUT2D eigenvalue weighted by Gasteiger charge is 2.10. The fourth-order valence-corrected chi connectivity index (χ4v) is 2.36. The molecule has 6 heteroatoms. The number of thiocarbonyl (C=S) groups is 1. The maximum absolute atomic E-state index is 12.0.